The summed E-state index contributed by atoms with van der Waals surface area (Å²) in [6.45, 7) is 1.81. The zero-order valence-electron chi connectivity index (χ0n) is 17.0. The molecule has 2 aromatic rings. The van der Waals surface area contributed by atoms with Gasteiger partial charge in [0.15, 0.2) is 0 Å². The summed E-state index contributed by atoms with van der Waals surface area (Å²) < 4.78 is 13.4. The Morgan fingerprint density at radius 1 is 1.07 bits per heavy atom. The summed E-state index contributed by atoms with van der Waals surface area (Å²) in [7, 11) is 0. The van der Waals surface area contributed by atoms with E-state index in [0.717, 1.165) is 19.3 Å². The van der Waals surface area contributed by atoms with Crippen molar-refractivity contribution in [3.63, 3.8) is 0 Å². The molecule has 0 radical (unpaired) electrons. The van der Waals surface area contributed by atoms with E-state index < -0.39 is 0 Å². The predicted octanol–water partition coefficient (Wildman–Crippen LogP) is 2.88. The number of carbonyl (C=O) groups excluding carboxylic acids is 2. The Labute approximate surface area is 176 Å². The van der Waals surface area contributed by atoms with Crippen molar-refractivity contribution in [3.8, 4) is 0 Å². The van der Waals surface area contributed by atoms with Gasteiger partial charge in [0.05, 0.1) is 19.1 Å². The van der Waals surface area contributed by atoms with E-state index in [0.29, 0.717) is 30.8 Å². The zero-order chi connectivity index (χ0) is 21.1. The molecule has 2 saturated heterocycles. The monoisotopic (exact) mass is 410 g/mol. The highest BCUT2D eigenvalue weighted by Gasteiger charge is 2.47. The number of piperidine rings is 1. The van der Waals surface area contributed by atoms with Crippen molar-refractivity contribution in [2.45, 2.75) is 31.7 Å². The lowest BCUT2D eigenvalue weighted by atomic mass is 9.76. The third kappa shape index (κ3) is 4.24. The Hall–Kier alpha value is -2.73. The maximum absolute atomic E-state index is 13.4. The van der Waals surface area contributed by atoms with Gasteiger partial charge in [-0.2, -0.15) is 0 Å². The van der Waals surface area contributed by atoms with Crippen molar-refractivity contribution in [2.75, 3.05) is 26.2 Å². The Balaban J connectivity index is 1.39. The van der Waals surface area contributed by atoms with Gasteiger partial charge in [-0.1, -0.05) is 30.3 Å². The maximum Gasteiger partial charge on any atom is 0.254 e. The molecule has 2 heterocycles. The number of aliphatic hydroxyl groups is 1. The van der Waals surface area contributed by atoms with E-state index in [2.05, 4.69) is 0 Å². The van der Waals surface area contributed by atoms with Crippen molar-refractivity contribution in [1.82, 2.24) is 9.80 Å². The molecule has 1 atom stereocenters. The van der Waals surface area contributed by atoms with E-state index in [9.17, 15) is 19.1 Å². The fourth-order valence-electron chi connectivity index (χ4n) is 4.84. The Morgan fingerprint density at radius 3 is 2.47 bits per heavy atom. The molecule has 0 aliphatic carbocycles. The van der Waals surface area contributed by atoms with Crippen LogP contribution in [0, 0.1) is 11.2 Å². The number of amides is 2. The fourth-order valence-corrected chi connectivity index (χ4v) is 4.84. The Bertz CT molecular complexity index is 910. The molecule has 2 amide bonds. The van der Waals surface area contributed by atoms with Gasteiger partial charge in [-0.05, 0) is 54.5 Å². The summed E-state index contributed by atoms with van der Waals surface area (Å²) in [6.07, 6.45) is 2.56. The molecule has 0 bridgehead atoms. The topological polar surface area (TPSA) is 60.9 Å². The summed E-state index contributed by atoms with van der Waals surface area (Å²) in [4.78, 5) is 29.3. The number of hydrogen-bond donors (Lipinski definition) is 1. The van der Waals surface area contributed by atoms with Crippen molar-refractivity contribution in [3.05, 3.63) is 71.5 Å². The lowest BCUT2D eigenvalue weighted by Gasteiger charge is -2.39. The minimum absolute atomic E-state index is 0.00405. The number of aliphatic hydroxyl groups excluding tert-OH is 1. The second-order valence-electron chi connectivity index (χ2n) is 8.53. The molecule has 158 valence electrons. The van der Waals surface area contributed by atoms with E-state index in [1.54, 1.807) is 29.2 Å². The Kier molecular flexibility index (Phi) is 5.86. The summed E-state index contributed by atoms with van der Waals surface area (Å²) in [5, 5.41) is 9.88. The van der Waals surface area contributed by atoms with Gasteiger partial charge < -0.3 is 14.9 Å². The third-order valence-corrected chi connectivity index (χ3v) is 6.53. The number of benzene rings is 2. The van der Waals surface area contributed by atoms with E-state index in [-0.39, 0.29) is 42.1 Å². The van der Waals surface area contributed by atoms with Crippen LogP contribution in [0.3, 0.4) is 0 Å². The molecule has 1 spiro atoms. The minimum atomic E-state index is -0.331. The lowest BCUT2D eigenvalue weighted by Crippen LogP contribution is -2.45. The van der Waals surface area contributed by atoms with Gasteiger partial charge in [-0.3, -0.25) is 9.59 Å². The second kappa shape index (κ2) is 8.56. The van der Waals surface area contributed by atoms with E-state index in [4.69, 9.17) is 0 Å². The molecular weight excluding hydrogens is 383 g/mol. The first-order chi connectivity index (χ1) is 14.5. The van der Waals surface area contributed by atoms with Crippen LogP contribution in [0.2, 0.25) is 0 Å². The van der Waals surface area contributed by atoms with Crippen LogP contribution >= 0.6 is 0 Å². The van der Waals surface area contributed by atoms with Crippen LogP contribution in [0.4, 0.5) is 4.39 Å². The van der Waals surface area contributed by atoms with Gasteiger partial charge in [0.2, 0.25) is 5.91 Å². The van der Waals surface area contributed by atoms with Gasteiger partial charge in [-0.25, -0.2) is 4.39 Å². The summed E-state index contributed by atoms with van der Waals surface area (Å²) in [5.41, 5.74) is 1.25. The number of nitrogens with zero attached hydrogens (tertiary/aromatic N) is 2. The number of hydrogen-bond acceptors (Lipinski definition) is 3. The summed E-state index contributed by atoms with van der Waals surface area (Å²) >= 11 is 0. The highest BCUT2D eigenvalue weighted by atomic mass is 19.1. The molecule has 6 heteroatoms. The first-order valence-electron chi connectivity index (χ1n) is 10.5. The molecule has 4 rings (SSSR count). The van der Waals surface area contributed by atoms with Crippen molar-refractivity contribution < 1.29 is 19.1 Å². The summed E-state index contributed by atoms with van der Waals surface area (Å²) in [5.74, 6) is -0.373. The first-order valence-corrected chi connectivity index (χ1v) is 10.5. The van der Waals surface area contributed by atoms with Crippen LogP contribution in [-0.4, -0.2) is 59.0 Å². The Morgan fingerprint density at radius 2 is 1.80 bits per heavy atom. The number of rotatable bonds is 4. The van der Waals surface area contributed by atoms with Gasteiger partial charge in [0.1, 0.15) is 5.82 Å². The van der Waals surface area contributed by atoms with Crippen LogP contribution in [0.25, 0.3) is 0 Å². The normalized spacial score (nSPS) is 20.5. The predicted molar refractivity (Wildman–Crippen MR) is 111 cm³/mol. The van der Waals surface area contributed by atoms with Gasteiger partial charge in [-0.15, -0.1) is 0 Å². The van der Waals surface area contributed by atoms with E-state index in [1.807, 2.05) is 23.1 Å². The molecule has 0 aromatic heterocycles. The molecule has 2 aliphatic heterocycles. The number of carbonyl (C=O) groups is 2. The fraction of sp³-hybridized carbons (Fsp3) is 0.417. The van der Waals surface area contributed by atoms with Crippen LogP contribution in [0.5, 0.6) is 0 Å². The average molecular weight is 410 g/mol. The highest BCUT2D eigenvalue weighted by Crippen LogP contribution is 2.43. The maximum atomic E-state index is 13.4. The molecular formula is C24H27FN2O3. The molecule has 30 heavy (non-hydrogen) atoms. The zero-order valence-corrected chi connectivity index (χ0v) is 17.0. The van der Waals surface area contributed by atoms with Crippen LogP contribution in [0.15, 0.2) is 54.6 Å². The van der Waals surface area contributed by atoms with E-state index in [1.165, 1.54) is 12.1 Å². The molecule has 1 unspecified atom stereocenters. The van der Waals surface area contributed by atoms with Crippen LogP contribution < -0.4 is 0 Å². The number of halogens is 1. The molecule has 0 saturated carbocycles. The quantitative estimate of drug-likeness (QED) is 0.843. The highest BCUT2D eigenvalue weighted by molar-refractivity contribution is 5.94. The second-order valence-corrected chi connectivity index (χ2v) is 8.53. The summed E-state index contributed by atoms with van der Waals surface area (Å²) in [6, 6.07) is 15.1. The molecule has 2 aromatic carbocycles. The van der Waals surface area contributed by atoms with Crippen molar-refractivity contribution in [1.29, 1.82) is 0 Å². The lowest BCUT2D eigenvalue weighted by molar-refractivity contribution is -0.132. The molecule has 2 fully saturated rings. The third-order valence-electron chi connectivity index (χ3n) is 6.53. The number of likely N-dealkylation sites (tertiary alicyclic amines) is 2. The van der Waals surface area contributed by atoms with E-state index >= 15 is 0 Å². The van der Waals surface area contributed by atoms with Crippen molar-refractivity contribution in [2.24, 2.45) is 5.41 Å². The van der Waals surface area contributed by atoms with Crippen LogP contribution in [0.1, 0.15) is 35.2 Å². The molecule has 1 N–H and O–H groups in total. The van der Waals surface area contributed by atoms with Crippen molar-refractivity contribution >= 4 is 11.8 Å². The smallest absolute Gasteiger partial charge is 0.254 e. The van der Waals surface area contributed by atoms with Gasteiger partial charge >= 0.3 is 0 Å². The van der Waals surface area contributed by atoms with Gasteiger partial charge in [0, 0.05) is 25.2 Å². The standard InChI is InChI=1S/C24H27FN2O3/c25-20-8-4-5-18(13-20)14-22(29)26-11-9-24(10-12-26)15-21(16-28)27(17-24)23(30)19-6-2-1-3-7-19/h1-8,13,21,28H,9-12,14-17H2. The minimum Gasteiger partial charge on any atom is -0.394 e. The SMILES string of the molecule is O=C(Cc1cccc(F)c1)N1CCC2(CC1)CC(CO)N(C(=O)c1ccccc1)C2. The average Bonchev–Trinajstić information content (AvgIpc) is 3.12. The molecule has 2 aliphatic rings. The van der Waals surface area contributed by atoms with Crippen LogP contribution in [-0.2, 0) is 11.2 Å². The molecule has 5 nitrogen and oxygen atoms in total. The first kappa shape index (κ1) is 20.5. The van der Waals surface area contributed by atoms with Gasteiger partial charge in [0.25, 0.3) is 5.91 Å². The largest absolute Gasteiger partial charge is 0.394 e.